The average Bonchev–Trinajstić information content (AvgIpc) is 2.99. The lowest BCUT2D eigenvalue weighted by Crippen LogP contribution is -2.17. The summed E-state index contributed by atoms with van der Waals surface area (Å²) in [7, 11) is 4.36. The average molecular weight is 283 g/mol. The van der Waals surface area contributed by atoms with Gasteiger partial charge in [0.1, 0.15) is 0 Å². The largest absolute Gasteiger partial charge is 0.302 e. The first-order chi connectivity index (χ1) is 10.0. The Labute approximate surface area is 127 Å². The molecular formula is C18H25N3. The van der Waals surface area contributed by atoms with Crippen molar-refractivity contribution in [3.63, 3.8) is 0 Å². The molecular weight excluding hydrogens is 258 g/mol. The molecule has 2 aromatic rings. The Balaban J connectivity index is 2.09. The molecule has 3 nitrogen and oxygen atoms in total. The van der Waals surface area contributed by atoms with Crippen LogP contribution >= 0.6 is 0 Å². The van der Waals surface area contributed by atoms with Crippen LogP contribution in [0, 0.1) is 13.8 Å². The molecule has 1 aliphatic carbocycles. The van der Waals surface area contributed by atoms with Crippen LogP contribution in [0.3, 0.4) is 0 Å². The van der Waals surface area contributed by atoms with Gasteiger partial charge in [-0.25, -0.2) is 0 Å². The molecule has 1 atom stereocenters. The van der Waals surface area contributed by atoms with Gasteiger partial charge in [-0.2, -0.15) is 5.10 Å². The molecule has 1 aliphatic rings. The van der Waals surface area contributed by atoms with Gasteiger partial charge in [0.15, 0.2) is 0 Å². The minimum Gasteiger partial charge on any atom is -0.302 e. The van der Waals surface area contributed by atoms with E-state index in [1.807, 2.05) is 0 Å². The summed E-state index contributed by atoms with van der Waals surface area (Å²) in [5.74, 6) is 0. The van der Waals surface area contributed by atoms with Gasteiger partial charge in [0.2, 0.25) is 0 Å². The molecule has 0 saturated heterocycles. The normalized spacial score (nSPS) is 17.5. The van der Waals surface area contributed by atoms with Gasteiger partial charge in [0.25, 0.3) is 0 Å². The number of nitrogens with zero attached hydrogens (tertiary/aromatic N) is 3. The fourth-order valence-electron chi connectivity index (χ4n) is 3.69. The smallest absolute Gasteiger partial charge is 0.0674 e. The molecule has 1 aromatic heterocycles. The van der Waals surface area contributed by atoms with Gasteiger partial charge in [-0.05, 0) is 70.5 Å². The van der Waals surface area contributed by atoms with E-state index in [-0.39, 0.29) is 0 Å². The highest BCUT2D eigenvalue weighted by Gasteiger charge is 2.25. The van der Waals surface area contributed by atoms with Gasteiger partial charge in [0, 0.05) is 23.8 Å². The minimum atomic E-state index is 0.557. The molecule has 112 valence electrons. The number of hydrogen-bond acceptors (Lipinski definition) is 2. The predicted molar refractivity (Wildman–Crippen MR) is 87.6 cm³/mol. The lowest BCUT2D eigenvalue weighted by Gasteiger charge is -2.20. The van der Waals surface area contributed by atoms with Crippen LogP contribution in [0.2, 0.25) is 0 Å². The summed E-state index contributed by atoms with van der Waals surface area (Å²) < 4.78 is 2.10. The highest BCUT2D eigenvalue weighted by atomic mass is 15.3. The Morgan fingerprint density at radius 1 is 1.29 bits per heavy atom. The van der Waals surface area contributed by atoms with Crippen LogP contribution in [-0.2, 0) is 13.0 Å². The van der Waals surface area contributed by atoms with Crippen LogP contribution in [0.1, 0.15) is 41.9 Å². The summed E-state index contributed by atoms with van der Waals surface area (Å²) in [4.78, 5) is 2.34. The van der Waals surface area contributed by atoms with Gasteiger partial charge in [-0.3, -0.25) is 4.68 Å². The van der Waals surface area contributed by atoms with E-state index in [1.54, 1.807) is 0 Å². The van der Waals surface area contributed by atoms with Crippen LogP contribution in [0.15, 0.2) is 18.2 Å². The first-order valence-corrected chi connectivity index (χ1v) is 7.86. The lowest BCUT2D eigenvalue weighted by molar-refractivity contribution is 0.299. The Bertz CT molecular complexity index is 667. The third-order valence-electron chi connectivity index (χ3n) is 4.79. The zero-order valence-electron chi connectivity index (χ0n) is 13.8. The molecule has 0 spiro atoms. The summed E-state index contributed by atoms with van der Waals surface area (Å²) in [5, 5.41) is 4.66. The van der Waals surface area contributed by atoms with Crippen molar-refractivity contribution in [3.8, 4) is 11.1 Å². The summed E-state index contributed by atoms with van der Waals surface area (Å²) in [6, 6.07) is 7.54. The quantitative estimate of drug-likeness (QED) is 0.855. The molecule has 0 aliphatic heterocycles. The highest BCUT2D eigenvalue weighted by Crippen LogP contribution is 2.38. The van der Waals surface area contributed by atoms with E-state index in [2.05, 4.69) is 67.7 Å². The SMILES string of the molecule is CCn1nc(C)c(-c2ccc3c(c2)C(N(C)C)CC3)c1C. The second-order valence-electron chi connectivity index (χ2n) is 6.29. The van der Waals surface area contributed by atoms with E-state index in [1.165, 1.54) is 40.8 Å². The number of hydrogen-bond donors (Lipinski definition) is 0. The number of benzene rings is 1. The summed E-state index contributed by atoms with van der Waals surface area (Å²) in [6.45, 7) is 7.37. The van der Waals surface area contributed by atoms with E-state index in [0.717, 1.165) is 12.2 Å². The van der Waals surface area contributed by atoms with Crippen molar-refractivity contribution in [2.45, 2.75) is 46.2 Å². The molecule has 0 bridgehead atoms. The van der Waals surface area contributed by atoms with Crippen LogP contribution in [0.4, 0.5) is 0 Å². The molecule has 1 unspecified atom stereocenters. The zero-order chi connectivity index (χ0) is 15.1. The molecule has 0 amide bonds. The fourth-order valence-corrected chi connectivity index (χ4v) is 3.69. The summed E-state index contributed by atoms with van der Waals surface area (Å²) in [5.41, 5.74) is 8.04. The molecule has 0 saturated carbocycles. The minimum absolute atomic E-state index is 0.557. The van der Waals surface area contributed by atoms with Crippen molar-refractivity contribution in [3.05, 3.63) is 40.7 Å². The van der Waals surface area contributed by atoms with Crippen LogP contribution in [0.25, 0.3) is 11.1 Å². The first-order valence-electron chi connectivity index (χ1n) is 7.86. The third-order valence-corrected chi connectivity index (χ3v) is 4.79. The van der Waals surface area contributed by atoms with Gasteiger partial charge >= 0.3 is 0 Å². The van der Waals surface area contributed by atoms with Crippen molar-refractivity contribution in [1.82, 2.24) is 14.7 Å². The lowest BCUT2D eigenvalue weighted by atomic mass is 9.98. The van der Waals surface area contributed by atoms with Crippen LogP contribution < -0.4 is 0 Å². The van der Waals surface area contributed by atoms with E-state index >= 15 is 0 Å². The Hall–Kier alpha value is -1.61. The molecule has 0 radical (unpaired) electrons. The molecule has 3 rings (SSSR count). The van der Waals surface area contributed by atoms with Crippen molar-refractivity contribution in [2.24, 2.45) is 0 Å². The second kappa shape index (κ2) is 5.30. The summed E-state index contributed by atoms with van der Waals surface area (Å²) >= 11 is 0. The van der Waals surface area contributed by atoms with Crippen LogP contribution in [-0.4, -0.2) is 28.8 Å². The van der Waals surface area contributed by atoms with E-state index in [0.29, 0.717) is 6.04 Å². The van der Waals surface area contributed by atoms with Gasteiger partial charge < -0.3 is 4.90 Å². The predicted octanol–water partition coefficient (Wildman–Crippen LogP) is 3.74. The number of fused-ring (bicyclic) bond motifs is 1. The second-order valence-corrected chi connectivity index (χ2v) is 6.29. The fraction of sp³-hybridized carbons (Fsp3) is 0.500. The van der Waals surface area contributed by atoms with Gasteiger partial charge in [-0.15, -0.1) is 0 Å². The highest BCUT2D eigenvalue weighted by molar-refractivity contribution is 5.70. The number of aryl methyl sites for hydroxylation is 3. The van der Waals surface area contributed by atoms with Crippen LogP contribution in [0.5, 0.6) is 0 Å². The van der Waals surface area contributed by atoms with E-state index in [9.17, 15) is 0 Å². The standard InChI is InChI=1S/C18H25N3/c1-6-21-13(3)18(12(2)19-21)15-8-7-14-9-10-17(20(4)5)16(14)11-15/h7-8,11,17H,6,9-10H2,1-5H3. The molecule has 1 heterocycles. The third kappa shape index (κ3) is 2.30. The molecule has 3 heteroatoms. The Morgan fingerprint density at radius 2 is 2.05 bits per heavy atom. The topological polar surface area (TPSA) is 21.1 Å². The Kier molecular flexibility index (Phi) is 3.62. The number of aromatic nitrogens is 2. The van der Waals surface area contributed by atoms with Crippen molar-refractivity contribution < 1.29 is 0 Å². The number of rotatable bonds is 3. The maximum atomic E-state index is 4.66. The zero-order valence-corrected chi connectivity index (χ0v) is 13.8. The first kappa shape index (κ1) is 14.3. The van der Waals surface area contributed by atoms with E-state index in [4.69, 9.17) is 0 Å². The maximum absolute atomic E-state index is 4.66. The van der Waals surface area contributed by atoms with Crippen molar-refractivity contribution in [1.29, 1.82) is 0 Å². The maximum Gasteiger partial charge on any atom is 0.0674 e. The monoisotopic (exact) mass is 283 g/mol. The van der Waals surface area contributed by atoms with Crippen molar-refractivity contribution >= 4 is 0 Å². The Morgan fingerprint density at radius 3 is 2.67 bits per heavy atom. The molecule has 0 N–H and O–H groups in total. The van der Waals surface area contributed by atoms with E-state index < -0.39 is 0 Å². The summed E-state index contributed by atoms with van der Waals surface area (Å²) in [6.07, 6.45) is 2.43. The van der Waals surface area contributed by atoms with Gasteiger partial charge in [0.05, 0.1) is 5.69 Å². The molecule has 1 aromatic carbocycles. The molecule has 21 heavy (non-hydrogen) atoms. The van der Waals surface area contributed by atoms with Gasteiger partial charge in [-0.1, -0.05) is 12.1 Å². The van der Waals surface area contributed by atoms with Crippen molar-refractivity contribution in [2.75, 3.05) is 14.1 Å². The molecule has 0 fully saturated rings.